The van der Waals surface area contributed by atoms with Crippen molar-refractivity contribution in [3.8, 4) is 6.07 Å². The van der Waals surface area contributed by atoms with Crippen molar-refractivity contribution in [2.45, 2.75) is 16.7 Å². The molecule has 0 radical (unpaired) electrons. The fourth-order valence-electron chi connectivity index (χ4n) is 1.80. The number of hydrogen-bond donors (Lipinski definition) is 2. The third kappa shape index (κ3) is 4.99. The van der Waals surface area contributed by atoms with E-state index in [0.29, 0.717) is 5.69 Å². The highest BCUT2D eigenvalue weighted by Gasteiger charge is 2.18. The third-order valence-corrected chi connectivity index (χ3v) is 6.01. The van der Waals surface area contributed by atoms with Crippen LogP contribution in [0, 0.1) is 17.2 Å². The van der Waals surface area contributed by atoms with Crippen LogP contribution in [-0.2, 0) is 20.0 Å². The van der Waals surface area contributed by atoms with Crippen molar-refractivity contribution in [2.24, 2.45) is 5.92 Å². The van der Waals surface area contributed by atoms with Gasteiger partial charge in [0.25, 0.3) is 10.0 Å². The smallest absolute Gasteiger partial charge is 0.261 e. The van der Waals surface area contributed by atoms with Crippen LogP contribution >= 0.6 is 0 Å². The number of rotatable bonds is 7. The maximum Gasteiger partial charge on any atom is 0.261 e. The van der Waals surface area contributed by atoms with Crippen LogP contribution in [0.15, 0.2) is 58.6 Å². The number of aromatic nitrogens is 1. The van der Waals surface area contributed by atoms with Gasteiger partial charge in [0, 0.05) is 18.9 Å². The summed E-state index contributed by atoms with van der Waals surface area (Å²) < 4.78 is 53.5. The van der Waals surface area contributed by atoms with Crippen molar-refractivity contribution in [3.63, 3.8) is 0 Å². The fourth-order valence-corrected chi connectivity index (χ4v) is 3.98. The minimum atomic E-state index is -3.84. The molecule has 1 heterocycles. The summed E-state index contributed by atoms with van der Waals surface area (Å²) in [5, 5.41) is 8.69. The van der Waals surface area contributed by atoms with E-state index in [2.05, 4.69) is 14.4 Å². The second-order valence-electron chi connectivity index (χ2n) is 5.19. The molecule has 2 rings (SSSR count). The number of hydrogen-bond acceptors (Lipinski definition) is 6. The van der Waals surface area contributed by atoms with Crippen LogP contribution in [0.25, 0.3) is 0 Å². The molecular formula is C15H16N4O4S2. The van der Waals surface area contributed by atoms with Crippen molar-refractivity contribution >= 4 is 25.7 Å². The molecule has 0 aliphatic rings. The summed E-state index contributed by atoms with van der Waals surface area (Å²) in [6, 6.07) is 9.71. The molecule has 10 heteroatoms. The van der Waals surface area contributed by atoms with Crippen LogP contribution in [0.4, 0.5) is 5.69 Å². The summed E-state index contributed by atoms with van der Waals surface area (Å²) in [6.07, 6.45) is 2.89. The lowest BCUT2D eigenvalue weighted by Gasteiger charge is -2.10. The molecule has 2 aromatic rings. The molecule has 2 N–H and O–H groups in total. The molecule has 0 amide bonds. The zero-order valence-corrected chi connectivity index (χ0v) is 14.9. The third-order valence-electron chi connectivity index (χ3n) is 3.18. The lowest BCUT2D eigenvalue weighted by Crippen LogP contribution is -2.28. The standard InChI is InChI=1S/C15H16N4O4S2/c1-12(10-16)11-18-24(20,21)14-2-4-15(5-3-14)25(22,23)19-13-6-8-17-9-7-13/h2-9,12,18H,11H2,1H3,(H,17,19). The second kappa shape index (κ2) is 7.60. The topological polar surface area (TPSA) is 129 Å². The summed E-state index contributed by atoms with van der Waals surface area (Å²) in [7, 11) is -7.65. The number of anilines is 1. The highest BCUT2D eigenvalue weighted by atomic mass is 32.2. The molecule has 8 nitrogen and oxygen atoms in total. The van der Waals surface area contributed by atoms with Gasteiger partial charge >= 0.3 is 0 Å². The first-order chi connectivity index (χ1) is 11.7. The van der Waals surface area contributed by atoms with Crippen molar-refractivity contribution < 1.29 is 16.8 Å². The van der Waals surface area contributed by atoms with E-state index >= 15 is 0 Å². The van der Waals surface area contributed by atoms with Crippen LogP contribution in [0.2, 0.25) is 0 Å². The minimum absolute atomic E-state index is 0.0253. The Morgan fingerprint density at radius 2 is 1.52 bits per heavy atom. The van der Waals surface area contributed by atoms with Gasteiger partial charge in [-0.15, -0.1) is 0 Å². The van der Waals surface area contributed by atoms with E-state index in [9.17, 15) is 16.8 Å². The maximum absolute atomic E-state index is 12.3. The Morgan fingerprint density at radius 1 is 1.00 bits per heavy atom. The summed E-state index contributed by atoms with van der Waals surface area (Å²) in [4.78, 5) is 3.64. The first-order valence-electron chi connectivity index (χ1n) is 7.17. The molecule has 1 atom stereocenters. The van der Waals surface area contributed by atoms with Gasteiger partial charge in [-0.1, -0.05) is 0 Å². The fraction of sp³-hybridized carbons (Fsp3) is 0.200. The van der Waals surface area contributed by atoms with Gasteiger partial charge in [0.2, 0.25) is 10.0 Å². The summed E-state index contributed by atoms with van der Waals surface area (Å²) in [6.45, 7) is 1.56. The van der Waals surface area contributed by atoms with Crippen LogP contribution in [-0.4, -0.2) is 28.4 Å². The Kier molecular flexibility index (Phi) is 5.73. The quantitative estimate of drug-likeness (QED) is 0.745. The van der Waals surface area contributed by atoms with Gasteiger partial charge in [0.05, 0.1) is 27.5 Å². The molecule has 0 fully saturated rings. The molecule has 0 spiro atoms. The first-order valence-corrected chi connectivity index (χ1v) is 10.1. The second-order valence-corrected chi connectivity index (χ2v) is 8.64. The number of benzene rings is 1. The number of nitrogens with one attached hydrogen (secondary N) is 2. The molecule has 1 unspecified atom stereocenters. The number of sulfonamides is 2. The Hall–Kier alpha value is -2.48. The van der Waals surface area contributed by atoms with Gasteiger partial charge in [0.1, 0.15) is 0 Å². The molecule has 0 bridgehead atoms. The van der Waals surface area contributed by atoms with E-state index in [-0.39, 0.29) is 16.3 Å². The van der Waals surface area contributed by atoms with Gasteiger partial charge in [-0.2, -0.15) is 5.26 Å². The van der Waals surface area contributed by atoms with Crippen molar-refractivity contribution in [3.05, 3.63) is 48.8 Å². The number of nitriles is 1. The van der Waals surface area contributed by atoms with E-state index in [1.54, 1.807) is 6.92 Å². The highest BCUT2D eigenvalue weighted by molar-refractivity contribution is 7.92. The molecule has 0 saturated carbocycles. The lowest BCUT2D eigenvalue weighted by atomic mass is 10.2. The zero-order valence-electron chi connectivity index (χ0n) is 13.2. The predicted octanol–water partition coefficient (Wildman–Crippen LogP) is 1.32. The first kappa shape index (κ1) is 18.9. The molecule has 0 saturated heterocycles. The van der Waals surface area contributed by atoms with Gasteiger partial charge in [0.15, 0.2) is 0 Å². The van der Waals surface area contributed by atoms with Crippen molar-refractivity contribution in [1.29, 1.82) is 5.26 Å². The molecule has 1 aromatic heterocycles. The minimum Gasteiger partial charge on any atom is -0.280 e. The van der Waals surface area contributed by atoms with E-state index in [0.717, 1.165) is 0 Å². The van der Waals surface area contributed by atoms with E-state index in [1.807, 2.05) is 6.07 Å². The molecule has 0 aliphatic carbocycles. The number of nitrogens with zero attached hydrogens (tertiary/aromatic N) is 2. The molecular weight excluding hydrogens is 364 g/mol. The molecule has 1 aromatic carbocycles. The highest BCUT2D eigenvalue weighted by Crippen LogP contribution is 2.18. The normalized spacial score (nSPS) is 13.0. The van der Waals surface area contributed by atoms with Gasteiger partial charge in [-0.25, -0.2) is 21.6 Å². The zero-order chi connectivity index (χ0) is 18.5. The molecule has 0 aliphatic heterocycles. The Bertz CT molecular complexity index is 966. The summed E-state index contributed by atoms with van der Waals surface area (Å²) in [5.74, 6) is -0.473. The number of pyridine rings is 1. The van der Waals surface area contributed by atoms with E-state index < -0.39 is 26.0 Å². The molecule has 132 valence electrons. The maximum atomic E-state index is 12.3. The van der Waals surface area contributed by atoms with Crippen molar-refractivity contribution in [1.82, 2.24) is 9.71 Å². The van der Waals surface area contributed by atoms with E-state index in [4.69, 9.17) is 5.26 Å². The largest absolute Gasteiger partial charge is 0.280 e. The molecule has 25 heavy (non-hydrogen) atoms. The van der Waals surface area contributed by atoms with Crippen LogP contribution in [0.3, 0.4) is 0 Å². The average molecular weight is 380 g/mol. The Labute approximate surface area is 146 Å². The van der Waals surface area contributed by atoms with Crippen molar-refractivity contribution in [2.75, 3.05) is 11.3 Å². The predicted molar refractivity (Wildman–Crippen MR) is 91.5 cm³/mol. The SMILES string of the molecule is CC(C#N)CNS(=O)(=O)c1ccc(S(=O)(=O)Nc2ccncc2)cc1. The van der Waals surface area contributed by atoms with Crippen LogP contribution in [0.1, 0.15) is 6.92 Å². The summed E-state index contributed by atoms with van der Waals surface area (Å²) >= 11 is 0. The monoisotopic (exact) mass is 380 g/mol. The summed E-state index contributed by atoms with van der Waals surface area (Å²) in [5.41, 5.74) is 0.346. The Morgan fingerprint density at radius 3 is 2.04 bits per heavy atom. The van der Waals surface area contributed by atoms with Gasteiger partial charge in [-0.05, 0) is 43.3 Å². The van der Waals surface area contributed by atoms with Crippen LogP contribution < -0.4 is 9.44 Å². The van der Waals surface area contributed by atoms with Crippen LogP contribution in [0.5, 0.6) is 0 Å². The van der Waals surface area contributed by atoms with E-state index in [1.165, 1.54) is 48.8 Å². The van der Waals surface area contributed by atoms with Gasteiger partial charge < -0.3 is 0 Å². The lowest BCUT2D eigenvalue weighted by molar-refractivity contribution is 0.572. The van der Waals surface area contributed by atoms with Gasteiger partial charge in [-0.3, -0.25) is 9.71 Å². The average Bonchev–Trinajstić information content (AvgIpc) is 2.60. The Balaban J connectivity index is 2.17.